The second-order valence-electron chi connectivity index (χ2n) is 2.13. The molecule has 12 heavy (non-hydrogen) atoms. The van der Waals surface area contributed by atoms with Gasteiger partial charge in [0.2, 0.25) is 0 Å². The average Bonchev–Trinajstić information content (AvgIpc) is 2.08. The summed E-state index contributed by atoms with van der Waals surface area (Å²) < 4.78 is 12.6. The van der Waals surface area contributed by atoms with Crippen LogP contribution in [-0.4, -0.2) is 5.91 Å². The summed E-state index contributed by atoms with van der Waals surface area (Å²) in [5.41, 5.74) is 0.288. The molecule has 4 heteroatoms. The quantitative estimate of drug-likeness (QED) is 0.714. The highest BCUT2D eigenvalue weighted by atomic mass is 35.5. The van der Waals surface area contributed by atoms with Crippen LogP contribution in [0.3, 0.4) is 0 Å². The summed E-state index contributed by atoms with van der Waals surface area (Å²) in [6.07, 6.45) is 0. The van der Waals surface area contributed by atoms with E-state index in [-0.39, 0.29) is 10.6 Å². The zero-order chi connectivity index (χ0) is 9.14. The minimum Gasteiger partial charge on any atom is -0.350 e. The van der Waals surface area contributed by atoms with Crippen molar-refractivity contribution < 1.29 is 9.18 Å². The van der Waals surface area contributed by atoms with Crippen molar-refractivity contribution >= 4 is 17.5 Å². The third-order valence-corrected chi connectivity index (χ3v) is 1.63. The van der Waals surface area contributed by atoms with E-state index in [1.807, 2.05) is 0 Å². The zero-order valence-electron chi connectivity index (χ0n) is 6.10. The molecule has 0 aliphatic carbocycles. The molecule has 1 amide bonds. The van der Waals surface area contributed by atoms with Crippen LogP contribution < -0.4 is 5.32 Å². The Morgan fingerprint density at radius 1 is 1.58 bits per heavy atom. The molecule has 2 nitrogen and oxygen atoms in total. The fourth-order valence-electron chi connectivity index (χ4n) is 0.739. The molecule has 0 atom stereocenters. The fraction of sp³-hybridized carbons (Fsp3) is 0. The van der Waals surface area contributed by atoms with Crippen LogP contribution in [-0.2, 0) is 0 Å². The molecule has 0 unspecified atom stereocenters. The number of hydrogen-bond acceptors (Lipinski definition) is 1. The molecule has 0 aromatic heterocycles. The van der Waals surface area contributed by atoms with Crippen LogP contribution in [0.1, 0.15) is 10.4 Å². The lowest BCUT2D eigenvalue weighted by Gasteiger charge is -1.99. The molecule has 0 spiro atoms. The number of hydrogen-bond donors (Lipinski definition) is 1. The number of amides is 1. The maximum Gasteiger partial charge on any atom is 0.251 e. The second kappa shape index (κ2) is 3.54. The van der Waals surface area contributed by atoms with E-state index in [9.17, 15) is 9.18 Å². The molecule has 1 rings (SSSR count). The van der Waals surface area contributed by atoms with Gasteiger partial charge in [0.1, 0.15) is 5.82 Å². The Morgan fingerprint density at radius 3 is 2.75 bits per heavy atom. The van der Waals surface area contributed by atoms with Crippen molar-refractivity contribution in [1.82, 2.24) is 5.32 Å². The normalized spacial score (nSPS) is 9.58. The van der Waals surface area contributed by atoms with Crippen LogP contribution in [0.5, 0.6) is 0 Å². The van der Waals surface area contributed by atoms with Crippen LogP contribution in [0.15, 0.2) is 18.2 Å². The van der Waals surface area contributed by atoms with Gasteiger partial charge in [-0.2, -0.15) is 0 Å². The SMILES string of the molecule is [CH2]NC(=O)c1ccc(F)c(Cl)c1. The van der Waals surface area contributed by atoms with Gasteiger partial charge in [0.05, 0.1) is 5.02 Å². The number of carbonyl (C=O) groups excluding carboxylic acids is 1. The van der Waals surface area contributed by atoms with Gasteiger partial charge in [-0.25, -0.2) is 4.39 Å². The van der Waals surface area contributed by atoms with Crippen LogP contribution in [0.25, 0.3) is 0 Å². The Balaban J connectivity index is 3.05. The number of carbonyl (C=O) groups is 1. The highest BCUT2D eigenvalue weighted by Crippen LogP contribution is 2.15. The third kappa shape index (κ3) is 1.74. The van der Waals surface area contributed by atoms with Gasteiger partial charge >= 0.3 is 0 Å². The number of halogens is 2. The first kappa shape index (κ1) is 9.00. The molecule has 1 aromatic rings. The lowest BCUT2D eigenvalue weighted by atomic mass is 10.2. The molecule has 0 aliphatic rings. The Bertz CT molecular complexity index is 314. The Labute approximate surface area is 74.3 Å². The molecule has 0 saturated carbocycles. The maximum atomic E-state index is 12.6. The monoisotopic (exact) mass is 186 g/mol. The van der Waals surface area contributed by atoms with E-state index < -0.39 is 11.7 Å². The van der Waals surface area contributed by atoms with E-state index in [0.29, 0.717) is 0 Å². The summed E-state index contributed by atoms with van der Waals surface area (Å²) in [4.78, 5) is 10.9. The van der Waals surface area contributed by atoms with Gasteiger partial charge in [-0.1, -0.05) is 11.6 Å². The Hall–Kier alpha value is -1.09. The third-order valence-electron chi connectivity index (χ3n) is 1.34. The predicted octanol–water partition coefficient (Wildman–Crippen LogP) is 2.00. The summed E-state index contributed by atoms with van der Waals surface area (Å²) in [6.45, 7) is 0. The van der Waals surface area contributed by atoms with Gasteiger partial charge in [0.25, 0.3) is 5.91 Å². The topological polar surface area (TPSA) is 29.1 Å². The average molecular weight is 187 g/mol. The van der Waals surface area contributed by atoms with E-state index >= 15 is 0 Å². The first-order valence-corrected chi connectivity index (χ1v) is 3.55. The summed E-state index contributed by atoms with van der Waals surface area (Å²) in [5, 5.41) is 2.08. The van der Waals surface area contributed by atoms with Crippen molar-refractivity contribution in [2.24, 2.45) is 0 Å². The molecule has 1 N–H and O–H groups in total. The van der Waals surface area contributed by atoms with Gasteiger partial charge in [0.15, 0.2) is 0 Å². The minimum absolute atomic E-state index is 0.0731. The molecular weight excluding hydrogens is 181 g/mol. The van der Waals surface area contributed by atoms with Gasteiger partial charge in [-0.05, 0) is 18.2 Å². The van der Waals surface area contributed by atoms with Crippen molar-refractivity contribution in [2.75, 3.05) is 0 Å². The summed E-state index contributed by atoms with van der Waals surface area (Å²) in [7, 11) is 3.18. The molecule has 0 aliphatic heterocycles. The Morgan fingerprint density at radius 2 is 2.25 bits per heavy atom. The summed E-state index contributed by atoms with van der Waals surface area (Å²) >= 11 is 5.44. The Kier molecular flexibility index (Phi) is 2.65. The molecule has 63 valence electrons. The van der Waals surface area contributed by atoms with Crippen molar-refractivity contribution in [3.8, 4) is 0 Å². The van der Waals surface area contributed by atoms with Crippen molar-refractivity contribution in [2.45, 2.75) is 0 Å². The summed E-state index contributed by atoms with van der Waals surface area (Å²) in [5.74, 6) is -0.936. The predicted molar refractivity (Wildman–Crippen MR) is 44.2 cm³/mol. The van der Waals surface area contributed by atoms with Crippen molar-refractivity contribution in [1.29, 1.82) is 0 Å². The van der Waals surface area contributed by atoms with Crippen LogP contribution in [0.4, 0.5) is 4.39 Å². The lowest BCUT2D eigenvalue weighted by molar-refractivity contribution is 0.0969. The van der Waals surface area contributed by atoms with Crippen LogP contribution in [0.2, 0.25) is 5.02 Å². The molecular formula is C8H6ClFNO. The highest BCUT2D eigenvalue weighted by Gasteiger charge is 2.05. The number of rotatable bonds is 1. The summed E-state index contributed by atoms with van der Waals surface area (Å²) in [6, 6.07) is 3.71. The zero-order valence-corrected chi connectivity index (χ0v) is 6.86. The lowest BCUT2D eigenvalue weighted by Crippen LogP contribution is -2.15. The smallest absolute Gasteiger partial charge is 0.251 e. The van der Waals surface area contributed by atoms with Crippen LogP contribution >= 0.6 is 11.6 Å². The van der Waals surface area contributed by atoms with E-state index in [1.165, 1.54) is 12.1 Å². The largest absolute Gasteiger partial charge is 0.350 e. The molecule has 1 aromatic carbocycles. The molecule has 1 radical (unpaired) electrons. The van der Waals surface area contributed by atoms with Gasteiger partial charge in [-0.3, -0.25) is 4.79 Å². The van der Waals surface area contributed by atoms with Crippen molar-refractivity contribution in [3.63, 3.8) is 0 Å². The molecule has 0 fully saturated rings. The van der Waals surface area contributed by atoms with Gasteiger partial charge in [0, 0.05) is 12.6 Å². The van der Waals surface area contributed by atoms with E-state index in [2.05, 4.69) is 12.4 Å². The molecule has 0 bridgehead atoms. The van der Waals surface area contributed by atoms with E-state index in [4.69, 9.17) is 11.6 Å². The number of benzene rings is 1. The van der Waals surface area contributed by atoms with Crippen molar-refractivity contribution in [3.05, 3.63) is 41.7 Å². The first-order chi connectivity index (χ1) is 5.65. The first-order valence-electron chi connectivity index (χ1n) is 3.17. The maximum absolute atomic E-state index is 12.6. The van der Waals surface area contributed by atoms with Gasteiger partial charge < -0.3 is 5.32 Å². The number of nitrogens with one attached hydrogen (secondary N) is 1. The highest BCUT2D eigenvalue weighted by molar-refractivity contribution is 6.31. The molecule has 0 saturated heterocycles. The van der Waals surface area contributed by atoms with E-state index in [0.717, 1.165) is 6.07 Å². The van der Waals surface area contributed by atoms with E-state index in [1.54, 1.807) is 0 Å². The van der Waals surface area contributed by atoms with Gasteiger partial charge in [-0.15, -0.1) is 0 Å². The molecule has 0 heterocycles. The van der Waals surface area contributed by atoms with Crippen LogP contribution in [0, 0.1) is 12.9 Å². The minimum atomic E-state index is -0.544. The standard InChI is InChI=1S/C8H6ClFNO/c1-11-8(12)5-2-3-7(10)6(9)4-5/h2-4H,1H2,(H,11,12). The fourth-order valence-corrected chi connectivity index (χ4v) is 0.920. The second-order valence-corrected chi connectivity index (χ2v) is 2.54.